The number of piperidine rings is 1. The molecular formula is C15H27N3O. The highest BCUT2D eigenvalue weighted by atomic mass is 16.2. The maximum atomic E-state index is 12.4. The average Bonchev–Trinajstić information content (AvgIpc) is 2.88. The van der Waals surface area contributed by atoms with Crippen molar-refractivity contribution in [1.29, 1.82) is 0 Å². The van der Waals surface area contributed by atoms with Crippen LogP contribution in [0.2, 0.25) is 0 Å². The molecule has 0 saturated carbocycles. The number of hydrogen-bond donors (Lipinski definition) is 1. The SMILES string of the molecule is CC1CC(C)CN(C(=O)CN2CC3CNCC3C2)C1. The Hall–Kier alpha value is -0.610. The molecule has 3 aliphatic rings. The lowest BCUT2D eigenvalue weighted by atomic mass is 9.92. The second kappa shape index (κ2) is 5.41. The van der Waals surface area contributed by atoms with Crippen molar-refractivity contribution in [3.05, 3.63) is 0 Å². The molecule has 0 aliphatic carbocycles. The van der Waals surface area contributed by atoms with Crippen molar-refractivity contribution in [3.63, 3.8) is 0 Å². The summed E-state index contributed by atoms with van der Waals surface area (Å²) >= 11 is 0. The van der Waals surface area contributed by atoms with Crippen LogP contribution in [0.25, 0.3) is 0 Å². The van der Waals surface area contributed by atoms with E-state index >= 15 is 0 Å². The van der Waals surface area contributed by atoms with Gasteiger partial charge in [0.2, 0.25) is 5.91 Å². The highest BCUT2D eigenvalue weighted by Gasteiger charge is 2.37. The smallest absolute Gasteiger partial charge is 0.236 e. The van der Waals surface area contributed by atoms with Crippen molar-refractivity contribution in [2.24, 2.45) is 23.7 Å². The van der Waals surface area contributed by atoms with E-state index in [1.807, 2.05) is 0 Å². The van der Waals surface area contributed by atoms with Crippen LogP contribution in [0, 0.1) is 23.7 Å². The summed E-state index contributed by atoms with van der Waals surface area (Å²) in [7, 11) is 0. The molecule has 0 aromatic carbocycles. The van der Waals surface area contributed by atoms with E-state index < -0.39 is 0 Å². The Balaban J connectivity index is 1.51. The second-order valence-corrected chi connectivity index (χ2v) is 7.12. The normalized spacial score (nSPS) is 39.6. The Morgan fingerprint density at radius 3 is 2.21 bits per heavy atom. The molecule has 1 amide bonds. The van der Waals surface area contributed by atoms with Gasteiger partial charge < -0.3 is 10.2 Å². The largest absolute Gasteiger partial charge is 0.341 e. The van der Waals surface area contributed by atoms with E-state index in [0.717, 1.165) is 51.1 Å². The molecule has 4 unspecified atom stereocenters. The molecule has 4 heteroatoms. The molecule has 3 fully saturated rings. The first-order valence-electron chi connectivity index (χ1n) is 7.82. The van der Waals surface area contributed by atoms with Crippen molar-refractivity contribution in [3.8, 4) is 0 Å². The van der Waals surface area contributed by atoms with Gasteiger partial charge in [-0.3, -0.25) is 9.69 Å². The van der Waals surface area contributed by atoms with Crippen LogP contribution >= 0.6 is 0 Å². The van der Waals surface area contributed by atoms with Gasteiger partial charge in [0.1, 0.15) is 0 Å². The molecule has 3 rings (SSSR count). The summed E-state index contributed by atoms with van der Waals surface area (Å²) in [6, 6.07) is 0. The van der Waals surface area contributed by atoms with Crippen molar-refractivity contribution in [2.45, 2.75) is 20.3 Å². The summed E-state index contributed by atoms with van der Waals surface area (Å²) in [6.07, 6.45) is 1.27. The fourth-order valence-corrected chi connectivity index (χ4v) is 4.24. The minimum atomic E-state index is 0.353. The van der Waals surface area contributed by atoms with Gasteiger partial charge in [-0.2, -0.15) is 0 Å². The zero-order chi connectivity index (χ0) is 13.4. The van der Waals surface area contributed by atoms with Crippen LogP contribution in [0.5, 0.6) is 0 Å². The topological polar surface area (TPSA) is 35.6 Å². The second-order valence-electron chi connectivity index (χ2n) is 7.12. The lowest BCUT2D eigenvalue weighted by Crippen LogP contribution is -2.46. The van der Waals surface area contributed by atoms with E-state index in [9.17, 15) is 4.79 Å². The van der Waals surface area contributed by atoms with Crippen LogP contribution in [0.1, 0.15) is 20.3 Å². The van der Waals surface area contributed by atoms with Crippen LogP contribution < -0.4 is 5.32 Å². The summed E-state index contributed by atoms with van der Waals surface area (Å²) in [6.45, 7) is 11.6. The summed E-state index contributed by atoms with van der Waals surface area (Å²) in [5, 5.41) is 3.45. The molecule has 0 radical (unpaired) electrons. The fraction of sp³-hybridized carbons (Fsp3) is 0.933. The number of carbonyl (C=O) groups excluding carboxylic acids is 1. The third-order valence-electron chi connectivity index (χ3n) is 5.05. The van der Waals surface area contributed by atoms with Gasteiger partial charge in [-0.15, -0.1) is 0 Å². The summed E-state index contributed by atoms with van der Waals surface area (Å²) in [5.74, 6) is 3.25. The number of hydrogen-bond acceptors (Lipinski definition) is 3. The predicted octanol–water partition coefficient (Wildman–Crippen LogP) is 0.642. The number of fused-ring (bicyclic) bond motifs is 1. The minimum absolute atomic E-state index is 0.353. The molecule has 4 nitrogen and oxygen atoms in total. The zero-order valence-corrected chi connectivity index (χ0v) is 12.3. The van der Waals surface area contributed by atoms with E-state index in [0.29, 0.717) is 24.3 Å². The quantitative estimate of drug-likeness (QED) is 0.796. The van der Waals surface area contributed by atoms with Gasteiger partial charge in [-0.05, 0) is 43.2 Å². The molecule has 1 N–H and O–H groups in total. The van der Waals surface area contributed by atoms with Crippen LogP contribution in [0.15, 0.2) is 0 Å². The van der Waals surface area contributed by atoms with Crippen LogP contribution in [-0.4, -0.2) is 61.5 Å². The molecule has 4 atom stereocenters. The number of likely N-dealkylation sites (tertiary alicyclic amines) is 2. The number of rotatable bonds is 2. The van der Waals surface area contributed by atoms with Gasteiger partial charge in [-0.1, -0.05) is 13.8 Å². The molecule has 0 aromatic rings. The molecule has 0 spiro atoms. The van der Waals surface area contributed by atoms with Gasteiger partial charge in [0.25, 0.3) is 0 Å². The molecule has 3 saturated heterocycles. The van der Waals surface area contributed by atoms with E-state index in [-0.39, 0.29) is 0 Å². The number of nitrogens with one attached hydrogen (secondary N) is 1. The third kappa shape index (κ3) is 2.95. The lowest BCUT2D eigenvalue weighted by Gasteiger charge is -2.36. The molecule has 0 aromatic heterocycles. The number of amides is 1. The predicted molar refractivity (Wildman–Crippen MR) is 75.8 cm³/mol. The monoisotopic (exact) mass is 265 g/mol. The molecule has 3 heterocycles. The lowest BCUT2D eigenvalue weighted by molar-refractivity contribution is -0.134. The summed E-state index contributed by atoms with van der Waals surface area (Å²) in [5.41, 5.74) is 0. The molecule has 0 bridgehead atoms. The Labute approximate surface area is 116 Å². The van der Waals surface area contributed by atoms with E-state index in [2.05, 4.69) is 29.0 Å². The number of carbonyl (C=O) groups is 1. The van der Waals surface area contributed by atoms with Crippen LogP contribution in [-0.2, 0) is 4.79 Å². The Bertz CT molecular complexity index is 324. The van der Waals surface area contributed by atoms with Crippen molar-refractivity contribution < 1.29 is 4.79 Å². The van der Waals surface area contributed by atoms with Gasteiger partial charge in [0, 0.05) is 26.2 Å². The fourth-order valence-electron chi connectivity index (χ4n) is 4.24. The molecule has 3 aliphatic heterocycles. The van der Waals surface area contributed by atoms with Gasteiger partial charge in [0.15, 0.2) is 0 Å². The third-order valence-corrected chi connectivity index (χ3v) is 5.05. The summed E-state index contributed by atoms with van der Waals surface area (Å²) in [4.78, 5) is 16.9. The maximum Gasteiger partial charge on any atom is 0.236 e. The van der Waals surface area contributed by atoms with E-state index in [4.69, 9.17) is 0 Å². The van der Waals surface area contributed by atoms with Gasteiger partial charge in [0.05, 0.1) is 6.54 Å². The molecule has 19 heavy (non-hydrogen) atoms. The standard InChI is InChI=1S/C15H27N3O/c1-11-3-12(2)7-18(6-11)15(19)10-17-8-13-4-16-5-14(13)9-17/h11-14,16H,3-10H2,1-2H3. The highest BCUT2D eigenvalue weighted by Crippen LogP contribution is 2.26. The van der Waals surface area contributed by atoms with E-state index in [1.165, 1.54) is 6.42 Å². The summed E-state index contributed by atoms with van der Waals surface area (Å²) < 4.78 is 0. The van der Waals surface area contributed by atoms with Crippen LogP contribution in [0.3, 0.4) is 0 Å². The van der Waals surface area contributed by atoms with Crippen LogP contribution in [0.4, 0.5) is 0 Å². The van der Waals surface area contributed by atoms with E-state index in [1.54, 1.807) is 0 Å². The van der Waals surface area contributed by atoms with Crippen molar-refractivity contribution in [2.75, 3.05) is 45.8 Å². The first-order valence-corrected chi connectivity index (χ1v) is 7.82. The molecular weight excluding hydrogens is 238 g/mol. The van der Waals surface area contributed by atoms with Crippen molar-refractivity contribution >= 4 is 5.91 Å². The highest BCUT2D eigenvalue weighted by molar-refractivity contribution is 5.78. The Morgan fingerprint density at radius 1 is 1.05 bits per heavy atom. The van der Waals surface area contributed by atoms with Gasteiger partial charge in [-0.25, -0.2) is 0 Å². The molecule has 108 valence electrons. The Morgan fingerprint density at radius 2 is 1.63 bits per heavy atom. The van der Waals surface area contributed by atoms with Crippen molar-refractivity contribution in [1.82, 2.24) is 15.1 Å². The first kappa shape index (κ1) is 13.4. The first-order chi connectivity index (χ1) is 9.11. The average molecular weight is 265 g/mol. The minimum Gasteiger partial charge on any atom is -0.341 e. The maximum absolute atomic E-state index is 12.4. The Kier molecular flexibility index (Phi) is 3.81. The number of nitrogens with zero attached hydrogens (tertiary/aromatic N) is 2. The van der Waals surface area contributed by atoms with Gasteiger partial charge >= 0.3 is 0 Å². The zero-order valence-electron chi connectivity index (χ0n) is 12.3.